The highest BCUT2D eigenvalue weighted by molar-refractivity contribution is 6.26. The Hall–Kier alpha value is -2.33. The van der Waals surface area contributed by atoms with E-state index in [0.717, 1.165) is 11.1 Å². The van der Waals surface area contributed by atoms with Gasteiger partial charge in [-0.05, 0) is 17.2 Å². The summed E-state index contributed by atoms with van der Waals surface area (Å²) in [5.41, 5.74) is 2.29. The second-order valence-corrected chi connectivity index (χ2v) is 4.64. The molecule has 0 amide bonds. The number of ether oxygens (including phenoxy) is 1. The third-order valence-corrected chi connectivity index (χ3v) is 3.06. The number of carboxylic acids is 1. The number of halogens is 1. The highest BCUT2D eigenvalue weighted by Crippen LogP contribution is 2.30. The van der Waals surface area contributed by atoms with E-state index >= 15 is 0 Å². The van der Waals surface area contributed by atoms with Crippen LogP contribution in [-0.4, -0.2) is 22.9 Å². The number of hydrogen-bond donors (Lipinski definition) is 1. The number of carbonyl (C=O) groups excluding carboxylic acids is 1. The Morgan fingerprint density at radius 3 is 2.33 bits per heavy atom. The lowest BCUT2D eigenvalue weighted by atomic mass is 10.0. The predicted molar refractivity (Wildman–Crippen MR) is 79.6 cm³/mol. The van der Waals surface area contributed by atoms with E-state index in [-0.39, 0.29) is 12.3 Å². The van der Waals surface area contributed by atoms with Crippen molar-refractivity contribution in [1.29, 1.82) is 0 Å². The molecule has 0 aliphatic heterocycles. The Bertz CT molecular complexity index is 650. The molecule has 0 atom stereocenters. The third-order valence-electron chi connectivity index (χ3n) is 2.84. The lowest BCUT2D eigenvalue weighted by Gasteiger charge is -2.09. The summed E-state index contributed by atoms with van der Waals surface area (Å²) in [6.07, 6.45) is -0.0246. The quantitative estimate of drug-likeness (QED) is 0.524. The van der Waals surface area contributed by atoms with Crippen molar-refractivity contribution in [1.82, 2.24) is 0 Å². The molecule has 2 aromatic rings. The molecular formula is C16H13ClO4. The first-order chi connectivity index (χ1) is 10.1. The summed E-state index contributed by atoms with van der Waals surface area (Å²) >= 11 is 5.44. The molecule has 0 aliphatic carbocycles. The lowest BCUT2D eigenvalue weighted by molar-refractivity contribution is -0.136. The zero-order valence-electron chi connectivity index (χ0n) is 11.1. The first-order valence-electron chi connectivity index (χ1n) is 6.27. The van der Waals surface area contributed by atoms with Crippen LogP contribution in [0.4, 0.5) is 0 Å². The van der Waals surface area contributed by atoms with Crippen molar-refractivity contribution >= 4 is 23.5 Å². The van der Waals surface area contributed by atoms with Crippen LogP contribution >= 0.6 is 11.6 Å². The Morgan fingerprint density at radius 2 is 1.71 bits per heavy atom. The van der Waals surface area contributed by atoms with Crippen molar-refractivity contribution in [3.63, 3.8) is 0 Å². The van der Waals surface area contributed by atoms with Gasteiger partial charge < -0.3 is 9.84 Å². The molecule has 0 heterocycles. The van der Waals surface area contributed by atoms with Crippen LogP contribution < -0.4 is 4.74 Å². The van der Waals surface area contributed by atoms with Gasteiger partial charge in [0, 0.05) is 5.56 Å². The number of aliphatic carboxylic acids is 1. The Kier molecular flexibility index (Phi) is 4.95. The summed E-state index contributed by atoms with van der Waals surface area (Å²) in [6, 6.07) is 14.2. The normalized spacial score (nSPS) is 10.1. The van der Waals surface area contributed by atoms with Crippen molar-refractivity contribution in [2.75, 3.05) is 5.88 Å². The van der Waals surface area contributed by atoms with E-state index in [0.29, 0.717) is 11.3 Å². The van der Waals surface area contributed by atoms with Crippen molar-refractivity contribution in [3.8, 4) is 16.9 Å². The fraction of sp³-hybridized carbons (Fsp3) is 0.125. The maximum atomic E-state index is 11.3. The molecule has 2 rings (SSSR count). The van der Waals surface area contributed by atoms with Crippen LogP contribution in [0.15, 0.2) is 48.5 Å². The highest BCUT2D eigenvalue weighted by atomic mass is 35.5. The number of carbonyl (C=O) groups is 2. The summed E-state index contributed by atoms with van der Waals surface area (Å²) < 4.78 is 5.18. The molecule has 0 saturated heterocycles. The monoisotopic (exact) mass is 304 g/mol. The molecule has 0 radical (unpaired) electrons. The van der Waals surface area contributed by atoms with Gasteiger partial charge in [0.1, 0.15) is 11.6 Å². The topological polar surface area (TPSA) is 63.6 Å². The van der Waals surface area contributed by atoms with E-state index in [1.807, 2.05) is 12.1 Å². The molecule has 0 aliphatic rings. The van der Waals surface area contributed by atoms with Gasteiger partial charge in [-0.1, -0.05) is 42.5 Å². The average molecular weight is 305 g/mol. The minimum absolute atomic E-state index is 0.0246. The van der Waals surface area contributed by atoms with E-state index in [2.05, 4.69) is 0 Å². The van der Waals surface area contributed by atoms with Gasteiger partial charge in [0.2, 0.25) is 0 Å². The van der Waals surface area contributed by atoms with Gasteiger partial charge >= 0.3 is 11.9 Å². The van der Waals surface area contributed by atoms with Crippen LogP contribution in [0.2, 0.25) is 0 Å². The summed E-state index contributed by atoms with van der Waals surface area (Å²) in [6.45, 7) is 0. The highest BCUT2D eigenvalue weighted by Gasteiger charge is 2.10. The second-order valence-electron chi connectivity index (χ2n) is 4.37. The lowest BCUT2D eigenvalue weighted by Crippen LogP contribution is -2.09. The molecule has 0 unspecified atom stereocenters. The van der Waals surface area contributed by atoms with E-state index < -0.39 is 11.9 Å². The van der Waals surface area contributed by atoms with Gasteiger partial charge in [-0.3, -0.25) is 9.59 Å². The van der Waals surface area contributed by atoms with Crippen LogP contribution in [-0.2, 0) is 16.0 Å². The number of rotatable bonds is 5. The predicted octanol–water partition coefficient (Wildman–Crippen LogP) is 3.12. The van der Waals surface area contributed by atoms with Crippen molar-refractivity contribution in [2.45, 2.75) is 6.42 Å². The fourth-order valence-corrected chi connectivity index (χ4v) is 1.98. The molecule has 108 valence electrons. The first-order valence-corrected chi connectivity index (χ1v) is 6.80. The van der Waals surface area contributed by atoms with E-state index in [1.54, 1.807) is 36.4 Å². The summed E-state index contributed by atoms with van der Waals surface area (Å²) in [7, 11) is 0. The van der Waals surface area contributed by atoms with Crippen LogP contribution in [0, 0.1) is 0 Å². The number of hydrogen-bond acceptors (Lipinski definition) is 3. The molecule has 0 saturated carbocycles. The van der Waals surface area contributed by atoms with Gasteiger partial charge in [-0.25, -0.2) is 0 Å². The van der Waals surface area contributed by atoms with E-state index in [4.69, 9.17) is 21.4 Å². The van der Waals surface area contributed by atoms with Gasteiger partial charge in [0.25, 0.3) is 0 Å². The molecule has 0 bridgehead atoms. The minimum atomic E-state index is -0.876. The molecule has 21 heavy (non-hydrogen) atoms. The Balaban J connectivity index is 2.29. The van der Waals surface area contributed by atoms with Crippen LogP contribution in [0.3, 0.4) is 0 Å². The molecule has 0 spiro atoms. The maximum Gasteiger partial charge on any atom is 0.326 e. The second kappa shape index (κ2) is 6.90. The van der Waals surface area contributed by atoms with E-state index in [9.17, 15) is 9.59 Å². The van der Waals surface area contributed by atoms with E-state index in [1.165, 1.54) is 0 Å². The number of para-hydroxylation sites is 1. The van der Waals surface area contributed by atoms with Gasteiger partial charge in [0.15, 0.2) is 0 Å². The standard InChI is InChI=1S/C16H13ClO4/c17-10-16(20)21-14-4-2-1-3-13(14)12-7-5-11(6-8-12)9-15(18)19/h1-8H,9-10H2,(H,18,19). The minimum Gasteiger partial charge on any atom is -0.481 e. The Morgan fingerprint density at radius 1 is 1.05 bits per heavy atom. The molecular weight excluding hydrogens is 292 g/mol. The number of alkyl halides is 1. The van der Waals surface area contributed by atoms with Crippen molar-refractivity contribution in [2.24, 2.45) is 0 Å². The Labute approximate surface area is 126 Å². The van der Waals surface area contributed by atoms with Gasteiger partial charge in [-0.15, -0.1) is 11.6 Å². The summed E-state index contributed by atoms with van der Waals surface area (Å²) in [5.74, 6) is -1.19. The number of carboxylic acid groups (broad SMARTS) is 1. The first kappa shape index (κ1) is 15.1. The largest absolute Gasteiger partial charge is 0.481 e. The van der Waals surface area contributed by atoms with Crippen molar-refractivity contribution in [3.05, 3.63) is 54.1 Å². The van der Waals surface area contributed by atoms with Crippen LogP contribution in [0.1, 0.15) is 5.56 Å². The zero-order chi connectivity index (χ0) is 15.2. The van der Waals surface area contributed by atoms with Crippen molar-refractivity contribution < 1.29 is 19.4 Å². The third kappa shape index (κ3) is 4.07. The molecule has 0 aromatic heterocycles. The smallest absolute Gasteiger partial charge is 0.326 e. The molecule has 5 heteroatoms. The summed E-state index contributed by atoms with van der Waals surface area (Å²) in [5, 5.41) is 8.75. The van der Waals surface area contributed by atoms with Crippen LogP contribution in [0.25, 0.3) is 11.1 Å². The van der Waals surface area contributed by atoms with Gasteiger partial charge in [-0.2, -0.15) is 0 Å². The van der Waals surface area contributed by atoms with Gasteiger partial charge in [0.05, 0.1) is 6.42 Å². The molecule has 0 fully saturated rings. The number of benzene rings is 2. The zero-order valence-corrected chi connectivity index (χ0v) is 11.8. The van der Waals surface area contributed by atoms with Crippen LogP contribution in [0.5, 0.6) is 5.75 Å². The average Bonchev–Trinajstić information content (AvgIpc) is 2.48. The molecule has 2 aromatic carbocycles. The molecule has 4 nitrogen and oxygen atoms in total. The maximum absolute atomic E-state index is 11.3. The summed E-state index contributed by atoms with van der Waals surface area (Å²) in [4.78, 5) is 22.0. The fourth-order valence-electron chi connectivity index (χ4n) is 1.92. The molecule has 1 N–H and O–H groups in total. The SMILES string of the molecule is O=C(O)Cc1ccc(-c2ccccc2OC(=O)CCl)cc1. The number of esters is 1.